The van der Waals surface area contributed by atoms with Crippen molar-refractivity contribution in [1.29, 1.82) is 0 Å². The summed E-state index contributed by atoms with van der Waals surface area (Å²) in [6.45, 7) is 0.494. The summed E-state index contributed by atoms with van der Waals surface area (Å²) < 4.78 is 0. The molecule has 6 nitrogen and oxygen atoms in total. The lowest BCUT2D eigenvalue weighted by Crippen LogP contribution is -2.44. The molecule has 0 bridgehead atoms. The van der Waals surface area contributed by atoms with Gasteiger partial charge in [-0.15, -0.1) is 0 Å². The largest absolute Gasteiger partial charge is 0.395 e. The Balaban J connectivity index is 1.93. The van der Waals surface area contributed by atoms with Crippen LogP contribution in [-0.2, 0) is 4.79 Å². The number of aliphatic hydroxyl groups excluding tert-OH is 1. The molecule has 1 aromatic carbocycles. The number of aliphatic hydroxyl groups is 1. The predicted octanol–water partition coefficient (Wildman–Crippen LogP) is 0.737. The Bertz CT molecular complexity index is 492. The maximum absolute atomic E-state index is 11.9. The highest BCUT2D eigenvalue weighted by Crippen LogP contribution is 2.23. The van der Waals surface area contributed by atoms with Crippen molar-refractivity contribution < 1.29 is 14.7 Å². The van der Waals surface area contributed by atoms with Gasteiger partial charge in [0.1, 0.15) is 0 Å². The number of nitrogens with one attached hydrogen (secondary N) is 2. The minimum absolute atomic E-state index is 0.0419. The topological polar surface area (TPSA) is 81.7 Å². The molecule has 0 spiro atoms. The first-order chi connectivity index (χ1) is 9.60. The first kappa shape index (κ1) is 14.6. The van der Waals surface area contributed by atoms with Crippen molar-refractivity contribution in [1.82, 2.24) is 10.6 Å². The highest BCUT2D eigenvalue weighted by molar-refractivity contribution is 6.30. The SMILES string of the molecule is O=C(NCCO)NC1CC(=O)N(c2ccc(Cl)cc2)C1. The van der Waals surface area contributed by atoms with Gasteiger partial charge in [0.15, 0.2) is 0 Å². The summed E-state index contributed by atoms with van der Waals surface area (Å²) in [6, 6.07) is 6.37. The number of anilines is 1. The molecule has 0 radical (unpaired) electrons. The van der Waals surface area contributed by atoms with E-state index in [4.69, 9.17) is 16.7 Å². The summed E-state index contributed by atoms with van der Waals surface area (Å²) in [6.07, 6.45) is 0.259. The number of nitrogens with zero attached hydrogens (tertiary/aromatic N) is 1. The van der Waals surface area contributed by atoms with Crippen LogP contribution in [0.2, 0.25) is 5.02 Å². The Hall–Kier alpha value is -1.79. The number of carbonyl (C=O) groups excluding carboxylic acids is 2. The number of benzene rings is 1. The van der Waals surface area contributed by atoms with Crippen LogP contribution >= 0.6 is 11.6 Å². The van der Waals surface area contributed by atoms with E-state index in [0.29, 0.717) is 11.6 Å². The van der Waals surface area contributed by atoms with Crippen LogP contribution in [0, 0.1) is 0 Å². The quantitative estimate of drug-likeness (QED) is 0.766. The second-order valence-electron chi connectivity index (χ2n) is 4.51. The fraction of sp³-hybridized carbons (Fsp3) is 0.385. The summed E-state index contributed by atoms with van der Waals surface area (Å²) >= 11 is 5.81. The van der Waals surface area contributed by atoms with Gasteiger partial charge in [-0.3, -0.25) is 4.79 Å². The summed E-state index contributed by atoms with van der Waals surface area (Å²) in [4.78, 5) is 25.0. The van der Waals surface area contributed by atoms with Crippen LogP contribution in [0.4, 0.5) is 10.5 Å². The summed E-state index contributed by atoms with van der Waals surface area (Å²) in [5.74, 6) is -0.0419. The van der Waals surface area contributed by atoms with Crippen LogP contribution in [0.5, 0.6) is 0 Å². The maximum atomic E-state index is 11.9. The average molecular weight is 298 g/mol. The molecular formula is C13H16ClN3O3. The van der Waals surface area contributed by atoms with E-state index in [2.05, 4.69) is 10.6 Å². The maximum Gasteiger partial charge on any atom is 0.315 e. The number of amides is 3. The molecule has 0 aliphatic carbocycles. The van der Waals surface area contributed by atoms with E-state index in [9.17, 15) is 9.59 Å². The fourth-order valence-electron chi connectivity index (χ4n) is 2.08. The predicted molar refractivity (Wildman–Crippen MR) is 75.8 cm³/mol. The third kappa shape index (κ3) is 3.61. The fourth-order valence-corrected chi connectivity index (χ4v) is 2.21. The highest BCUT2D eigenvalue weighted by Gasteiger charge is 2.31. The van der Waals surface area contributed by atoms with Crippen LogP contribution in [0.1, 0.15) is 6.42 Å². The van der Waals surface area contributed by atoms with Gasteiger partial charge in [-0.2, -0.15) is 0 Å². The van der Waals surface area contributed by atoms with E-state index in [-0.39, 0.29) is 37.6 Å². The molecule has 1 aromatic rings. The minimum Gasteiger partial charge on any atom is -0.395 e. The zero-order valence-electron chi connectivity index (χ0n) is 10.8. The number of halogens is 1. The smallest absolute Gasteiger partial charge is 0.315 e. The lowest BCUT2D eigenvalue weighted by atomic mass is 10.2. The van der Waals surface area contributed by atoms with E-state index >= 15 is 0 Å². The monoisotopic (exact) mass is 297 g/mol. The van der Waals surface area contributed by atoms with Crippen molar-refractivity contribution in [2.75, 3.05) is 24.6 Å². The van der Waals surface area contributed by atoms with E-state index in [0.717, 1.165) is 5.69 Å². The second kappa shape index (κ2) is 6.58. The average Bonchev–Trinajstić information content (AvgIpc) is 2.78. The van der Waals surface area contributed by atoms with Gasteiger partial charge in [0.05, 0.1) is 12.6 Å². The van der Waals surface area contributed by atoms with Crippen molar-refractivity contribution in [3.8, 4) is 0 Å². The Labute approximate surface area is 121 Å². The number of urea groups is 1. The summed E-state index contributed by atoms with van der Waals surface area (Å²) in [5.41, 5.74) is 0.763. The van der Waals surface area contributed by atoms with Crippen molar-refractivity contribution in [2.24, 2.45) is 0 Å². The van der Waals surface area contributed by atoms with Gasteiger partial charge in [-0.25, -0.2) is 4.79 Å². The molecule has 20 heavy (non-hydrogen) atoms. The Morgan fingerprint density at radius 3 is 2.75 bits per heavy atom. The lowest BCUT2D eigenvalue weighted by molar-refractivity contribution is -0.117. The lowest BCUT2D eigenvalue weighted by Gasteiger charge is -2.17. The molecule has 3 amide bonds. The highest BCUT2D eigenvalue weighted by atomic mass is 35.5. The first-order valence-electron chi connectivity index (χ1n) is 6.31. The van der Waals surface area contributed by atoms with Gasteiger partial charge in [0, 0.05) is 30.2 Å². The molecule has 2 rings (SSSR count). The third-order valence-electron chi connectivity index (χ3n) is 3.00. The van der Waals surface area contributed by atoms with Crippen molar-refractivity contribution in [3.05, 3.63) is 29.3 Å². The van der Waals surface area contributed by atoms with Gasteiger partial charge in [0.25, 0.3) is 0 Å². The zero-order valence-corrected chi connectivity index (χ0v) is 11.6. The van der Waals surface area contributed by atoms with Crippen LogP contribution in [0.25, 0.3) is 0 Å². The number of carbonyl (C=O) groups is 2. The molecule has 7 heteroatoms. The van der Waals surface area contributed by atoms with Crippen LogP contribution < -0.4 is 15.5 Å². The van der Waals surface area contributed by atoms with E-state index in [1.54, 1.807) is 29.2 Å². The molecule has 1 fully saturated rings. The van der Waals surface area contributed by atoms with E-state index in [1.807, 2.05) is 0 Å². The first-order valence-corrected chi connectivity index (χ1v) is 6.69. The Morgan fingerprint density at radius 2 is 2.10 bits per heavy atom. The molecular weight excluding hydrogens is 282 g/mol. The number of hydrogen-bond acceptors (Lipinski definition) is 3. The molecule has 1 heterocycles. The molecule has 0 aromatic heterocycles. The van der Waals surface area contributed by atoms with Crippen LogP contribution in [-0.4, -0.2) is 42.8 Å². The molecule has 1 aliphatic heterocycles. The van der Waals surface area contributed by atoms with Gasteiger partial charge in [0.2, 0.25) is 5.91 Å². The van der Waals surface area contributed by atoms with Crippen molar-refractivity contribution in [2.45, 2.75) is 12.5 Å². The van der Waals surface area contributed by atoms with Crippen LogP contribution in [0.15, 0.2) is 24.3 Å². The van der Waals surface area contributed by atoms with Gasteiger partial charge >= 0.3 is 6.03 Å². The summed E-state index contributed by atoms with van der Waals surface area (Å²) in [5, 5.41) is 14.4. The molecule has 1 aliphatic rings. The Morgan fingerprint density at radius 1 is 1.40 bits per heavy atom. The summed E-state index contributed by atoms with van der Waals surface area (Å²) in [7, 11) is 0. The second-order valence-corrected chi connectivity index (χ2v) is 4.94. The van der Waals surface area contributed by atoms with Gasteiger partial charge in [-0.1, -0.05) is 11.6 Å². The molecule has 3 N–H and O–H groups in total. The number of hydrogen-bond donors (Lipinski definition) is 3. The molecule has 1 unspecified atom stereocenters. The van der Waals surface area contributed by atoms with E-state index in [1.165, 1.54) is 0 Å². The molecule has 108 valence electrons. The van der Waals surface area contributed by atoms with Gasteiger partial charge in [-0.05, 0) is 24.3 Å². The standard InChI is InChI=1S/C13H16ClN3O3/c14-9-1-3-11(4-2-9)17-8-10(7-12(17)19)16-13(20)15-5-6-18/h1-4,10,18H,5-8H2,(H2,15,16,20). The van der Waals surface area contributed by atoms with E-state index < -0.39 is 0 Å². The third-order valence-corrected chi connectivity index (χ3v) is 3.25. The van der Waals surface area contributed by atoms with Crippen molar-refractivity contribution in [3.63, 3.8) is 0 Å². The van der Waals surface area contributed by atoms with Gasteiger partial charge < -0.3 is 20.6 Å². The number of rotatable bonds is 4. The molecule has 1 saturated heterocycles. The molecule has 1 atom stereocenters. The molecule has 0 saturated carbocycles. The zero-order chi connectivity index (χ0) is 14.5. The Kier molecular flexibility index (Phi) is 4.81. The van der Waals surface area contributed by atoms with Crippen LogP contribution in [0.3, 0.4) is 0 Å². The van der Waals surface area contributed by atoms with Crippen molar-refractivity contribution >= 4 is 29.2 Å². The minimum atomic E-state index is -0.380. The normalized spacial score (nSPS) is 18.2.